The Morgan fingerprint density at radius 2 is 2.39 bits per heavy atom. The molecule has 98 valence electrons. The average Bonchev–Trinajstić information content (AvgIpc) is 2.46. The van der Waals surface area contributed by atoms with Crippen LogP contribution in [0.4, 0.5) is 5.69 Å². The molecule has 0 bridgehead atoms. The monoisotopic (exact) mass is 249 g/mol. The third-order valence-electron chi connectivity index (χ3n) is 3.43. The largest absolute Gasteiger partial charge is 0.489 e. The summed E-state index contributed by atoms with van der Waals surface area (Å²) in [6.45, 7) is 2.78. The molecule has 0 aromatic heterocycles. The molecule has 3 rings (SSSR count). The topological polar surface area (TPSA) is 39.7 Å². The molecule has 1 unspecified atom stereocenters. The first-order chi connectivity index (χ1) is 8.93. The maximum Gasteiger partial charge on any atom is 0.147 e. The summed E-state index contributed by atoms with van der Waals surface area (Å²) in [4.78, 5) is 0. The van der Waals surface area contributed by atoms with Gasteiger partial charge in [0.1, 0.15) is 19.1 Å². The fraction of sp³-hybridized carbons (Fsp3) is 0.571. The van der Waals surface area contributed by atoms with Crippen molar-refractivity contribution in [3.05, 3.63) is 23.8 Å². The zero-order valence-corrected chi connectivity index (χ0v) is 10.5. The fourth-order valence-corrected chi connectivity index (χ4v) is 2.41. The van der Waals surface area contributed by atoms with E-state index in [1.54, 1.807) is 0 Å². The second-order valence-electron chi connectivity index (χ2n) is 4.74. The van der Waals surface area contributed by atoms with Crippen molar-refractivity contribution < 1.29 is 14.2 Å². The lowest BCUT2D eigenvalue weighted by molar-refractivity contribution is -0.147. The molecule has 1 aromatic carbocycles. The van der Waals surface area contributed by atoms with Crippen LogP contribution in [0.5, 0.6) is 5.75 Å². The van der Waals surface area contributed by atoms with Crippen molar-refractivity contribution in [2.45, 2.75) is 25.4 Å². The Hall–Kier alpha value is -1.26. The zero-order valence-electron chi connectivity index (χ0n) is 10.5. The van der Waals surface area contributed by atoms with Gasteiger partial charge in [0.05, 0.1) is 18.4 Å². The van der Waals surface area contributed by atoms with Gasteiger partial charge in [0.25, 0.3) is 0 Å². The highest BCUT2D eigenvalue weighted by Crippen LogP contribution is 2.32. The number of hydrogen-bond acceptors (Lipinski definition) is 4. The van der Waals surface area contributed by atoms with Crippen LogP contribution < -0.4 is 10.1 Å². The second-order valence-corrected chi connectivity index (χ2v) is 4.74. The Balaban J connectivity index is 1.65. The quantitative estimate of drug-likeness (QED) is 0.891. The van der Waals surface area contributed by atoms with Crippen molar-refractivity contribution in [1.29, 1.82) is 0 Å². The van der Waals surface area contributed by atoms with E-state index in [1.165, 1.54) is 12.0 Å². The number of ether oxygens (including phenoxy) is 3. The van der Waals surface area contributed by atoms with Gasteiger partial charge in [-0.05, 0) is 24.5 Å². The Morgan fingerprint density at radius 3 is 3.28 bits per heavy atom. The normalized spacial score (nSPS) is 23.0. The summed E-state index contributed by atoms with van der Waals surface area (Å²) in [5, 5.41) is 3.43. The van der Waals surface area contributed by atoms with Crippen molar-refractivity contribution >= 4 is 5.69 Å². The van der Waals surface area contributed by atoms with E-state index < -0.39 is 0 Å². The van der Waals surface area contributed by atoms with Crippen LogP contribution in [-0.4, -0.2) is 32.7 Å². The number of para-hydroxylation sites is 1. The fourth-order valence-electron chi connectivity index (χ4n) is 2.41. The van der Waals surface area contributed by atoms with Crippen LogP contribution in [0.25, 0.3) is 0 Å². The molecule has 2 heterocycles. The SMILES string of the molecule is c1cc2c(c(OCC3CCOCO3)c1)NCCC2. The van der Waals surface area contributed by atoms with E-state index in [0.29, 0.717) is 13.4 Å². The van der Waals surface area contributed by atoms with E-state index in [-0.39, 0.29) is 6.10 Å². The van der Waals surface area contributed by atoms with Crippen LogP contribution in [-0.2, 0) is 15.9 Å². The van der Waals surface area contributed by atoms with E-state index in [1.807, 2.05) is 6.07 Å². The van der Waals surface area contributed by atoms with E-state index >= 15 is 0 Å². The maximum absolute atomic E-state index is 5.90. The van der Waals surface area contributed by atoms with Gasteiger partial charge < -0.3 is 19.5 Å². The Morgan fingerprint density at radius 1 is 1.39 bits per heavy atom. The molecule has 1 aromatic rings. The molecule has 18 heavy (non-hydrogen) atoms. The van der Waals surface area contributed by atoms with Crippen LogP contribution in [0.2, 0.25) is 0 Å². The Bertz CT molecular complexity index is 402. The number of nitrogens with one attached hydrogen (secondary N) is 1. The zero-order chi connectivity index (χ0) is 12.2. The number of anilines is 1. The first-order valence-electron chi connectivity index (χ1n) is 6.61. The van der Waals surface area contributed by atoms with Gasteiger partial charge in [-0.15, -0.1) is 0 Å². The Kier molecular flexibility index (Phi) is 3.67. The summed E-state index contributed by atoms with van der Waals surface area (Å²) in [6.07, 6.45) is 3.38. The lowest BCUT2D eigenvalue weighted by atomic mass is 10.0. The highest BCUT2D eigenvalue weighted by atomic mass is 16.7. The smallest absolute Gasteiger partial charge is 0.147 e. The standard InChI is InChI=1S/C14H19NO3/c1-3-11-4-2-7-15-14(11)13(5-1)17-9-12-6-8-16-10-18-12/h1,3,5,12,15H,2,4,6-10H2. The van der Waals surface area contributed by atoms with Crippen molar-refractivity contribution in [2.24, 2.45) is 0 Å². The van der Waals surface area contributed by atoms with Crippen LogP contribution >= 0.6 is 0 Å². The van der Waals surface area contributed by atoms with Crippen molar-refractivity contribution in [1.82, 2.24) is 0 Å². The van der Waals surface area contributed by atoms with E-state index in [9.17, 15) is 0 Å². The van der Waals surface area contributed by atoms with E-state index in [0.717, 1.165) is 37.4 Å². The predicted octanol–water partition coefficient (Wildman–Crippen LogP) is 2.19. The molecule has 4 heteroatoms. The molecule has 0 spiro atoms. The lowest BCUT2D eigenvalue weighted by Gasteiger charge is -2.25. The summed E-state index contributed by atoms with van der Waals surface area (Å²) < 4.78 is 16.5. The summed E-state index contributed by atoms with van der Waals surface area (Å²) in [5.41, 5.74) is 2.52. The third kappa shape index (κ3) is 2.60. The molecule has 2 aliphatic heterocycles. The lowest BCUT2D eigenvalue weighted by Crippen LogP contribution is -2.29. The van der Waals surface area contributed by atoms with Gasteiger partial charge in [0.15, 0.2) is 0 Å². The van der Waals surface area contributed by atoms with Gasteiger partial charge in [-0.2, -0.15) is 0 Å². The van der Waals surface area contributed by atoms with Gasteiger partial charge in [-0.1, -0.05) is 12.1 Å². The van der Waals surface area contributed by atoms with Crippen LogP contribution in [0.15, 0.2) is 18.2 Å². The van der Waals surface area contributed by atoms with Gasteiger partial charge >= 0.3 is 0 Å². The maximum atomic E-state index is 5.90. The van der Waals surface area contributed by atoms with Crippen molar-refractivity contribution in [3.63, 3.8) is 0 Å². The first kappa shape index (κ1) is 11.8. The number of benzene rings is 1. The highest BCUT2D eigenvalue weighted by molar-refractivity contribution is 5.63. The van der Waals surface area contributed by atoms with Gasteiger partial charge in [-0.3, -0.25) is 0 Å². The minimum atomic E-state index is 0.151. The van der Waals surface area contributed by atoms with E-state index in [4.69, 9.17) is 14.2 Å². The number of hydrogen-bond donors (Lipinski definition) is 1. The summed E-state index contributed by atoms with van der Waals surface area (Å²) in [6, 6.07) is 6.25. The Labute approximate surface area is 107 Å². The molecule has 1 saturated heterocycles. The summed E-state index contributed by atoms with van der Waals surface area (Å²) in [7, 11) is 0. The number of fused-ring (bicyclic) bond motifs is 1. The highest BCUT2D eigenvalue weighted by Gasteiger charge is 2.17. The molecule has 2 aliphatic rings. The minimum Gasteiger partial charge on any atom is -0.489 e. The molecule has 0 radical (unpaired) electrons. The summed E-state index contributed by atoms with van der Waals surface area (Å²) >= 11 is 0. The van der Waals surface area contributed by atoms with Crippen molar-refractivity contribution in [2.75, 3.05) is 31.9 Å². The number of rotatable bonds is 3. The molecule has 0 amide bonds. The summed E-state index contributed by atoms with van der Waals surface area (Å²) in [5.74, 6) is 0.947. The third-order valence-corrected chi connectivity index (χ3v) is 3.43. The second kappa shape index (κ2) is 5.59. The molecular formula is C14H19NO3. The molecule has 0 saturated carbocycles. The molecule has 4 nitrogen and oxygen atoms in total. The van der Waals surface area contributed by atoms with E-state index in [2.05, 4.69) is 17.4 Å². The molecular weight excluding hydrogens is 230 g/mol. The van der Waals surface area contributed by atoms with Crippen LogP contribution in [0.1, 0.15) is 18.4 Å². The van der Waals surface area contributed by atoms with Gasteiger partial charge in [0, 0.05) is 13.0 Å². The molecule has 1 N–H and O–H groups in total. The molecule has 1 atom stereocenters. The van der Waals surface area contributed by atoms with Gasteiger partial charge in [0.2, 0.25) is 0 Å². The van der Waals surface area contributed by atoms with Crippen LogP contribution in [0, 0.1) is 0 Å². The van der Waals surface area contributed by atoms with Crippen LogP contribution in [0.3, 0.4) is 0 Å². The van der Waals surface area contributed by atoms with Crippen molar-refractivity contribution in [3.8, 4) is 5.75 Å². The minimum absolute atomic E-state index is 0.151. The number of aryl methyl sites for hydroxylation is 1. The first-order valence-corrected chi connectivity index (χ1v) is 6.61. The molecule has 0 aliphatic carbocycles. The predicted molar refractivity (Wildman–Crippen MR) is 69.1 cm³/mol. The molecule has 1 fully saturated rings. The average molecular weight is 249 g/mol. The van der Waals surface area contributed by atoms with Gasteiger partial charge in [-0.25, -0.2) is 0 Å².